The minimum absolute atomic E-state index is 0.132. The van der Waals surface area contributed by atoms with Gasteiger partial charge in [-0.2, -0.15) is 0 Å². The zero-order chi connectivity index (χ0) is 13.0. The van der Waals surface area contributed by atoms with Crippen LogP contribution in [0.1, 0.15) is 31.6 Å². The average molecular weight is 255 g/mol. The van der Waals surface area contributed by atoms with Gasteiger partial charge in [0.1, 0.15) is 6.04 Å². The molecule has 0 unspecified atom stereocenters. The average Bonchev–Trinajstić information content (AvgIpc) is 2.76. The van der Waals surface area contributed by atoms with Crippen LogP contribution in [0.3, 0.4) is 0 Å². The minimum atomic E-state index is -0.994. The van der Waals surface area contributed by atoms with Gasteiger partial charge in [-0.3, -0.25) is 4.79 Å². The summed E-state index contributed by atoms with van der Waals surface area (Å²) in [5.74, 6) is -1.68. The first-order valence-corrected chi connectivity index (χ1v) is 6.38. The number of carboxylic acid groups (broad SMARTS) is 1. The lowest BCUT2D eigenvalue weighted by molar-refractivity contribution is -0.143. The SMILES string of the molecule is CC(C)[C@H](NC(=O)[C@@H](C)c1cccs1)C(=O)O. The van der Waals surface area contributed by atoms with E-state index in [1.54, 1.807) is 20.8 Å². The van der Waals surface area contributed by atoms with E-state index in [4.69, 9.17) is 5.11 Å². The number of carboxylic acids is 1. The maximum Gasteiger partial charge on any atom is 0.326 e. The molecule has 1 rings (SSSR count). The molecule has 0 aromatic carbocycles. The Morgan fingerprint density at radius 3 is 2.41 bits per heavy atom. The molecule has 0 radical (unpaired) electrons. The number of hydrogen-bond acceptors (Lipinski definition) is 3. The van der Waals surface area contributed by atoms with E-state index in [1.165, 1.54) is 11.3 Å². The van der Waals surface area contributed by atoms with Gasteiger partial charge in [0.15, 0.2) is 0 Å². The van der Waals surface area contributed by atoms with E-state index < -0.39 is 12.0 Å². The highest BCUT2D eigenvalue weighted by atomic mass is 32.1. The van der Waals surface area contributed by atoms with Crippen molar-refractivity contribution >= 4 is 23.2 Å². The molecule has 94 valence electrons. The molecule has 17 heavy (non-hydrogen) atoms. The maximum absolute atomic E-state index is 11.9. The molecule has 2 atom stereocenters. The molecule has 1 aromatic rings. The highest BCUT2D eigenvalue weighted by molar-refractivity contribution is 7.10. The lowest BCUT2D eigenvalue weighted by Gasteiger charge is -2.20. The molecule has 1 aromatic heterocycles. The Hall–Kier alpha value is -1.36. The molecule has 1 amide bonds. The van der Waals surface area contributed by atoms with E-state index in [-0.39, 0.29) is 17.7 Å². The van der Waals surface area contributed by atoms with E-state index in [1.807, 2.05) is 17.5 Å². The molecule has 0 fully saturated rings. The number of nitrogens with one attached hydrogen (secondary N) is 1. The fraction of sp³-hybridized carbons (Fsp3) is 0.500. The van der Waals surface area contributed by atoms with Gasteiger partial charge in [0.05, 0.1) is 5.92 Å². The van der Waals surface area contributed by atoms with Crippen molar-refractivity contribution in [3.8, 4) is 0 Å². The molecule has 0 saturated heterocycles. The van der Waals surface area contributed by atoms with Crippen molar-refractivity contribution < 1.29 is 14.7 Å². The second kappa shape index (κ2) is 5.82. The van der Waals surface area contributed by atoms with Crippen LogP contribution in [0.2, 0.25) is 0 Å². The summed E-state index contributed by atoms with van der Waals surface area (Å²) in [4.78, 5) is 23.8. The summed E-state index contributed by atoms with van der Waals surface area (Å²) in [7, 11) is 0. The van der Waals surface area contributed by atoms with Gasteiger partial charge >= 0.3 is 5.97 Å². The van der Waals surface area contributed by atoms with Gasteiger partial charge in [-0.25, -0.2) is 4.79 Å². The molecule has 0 saturated carbocycles. The summed E-state index contributed by atoms with van der Waals surface area (Å²) in [6.07, 6.45) is 0. The summed E-state index contributed by atoms with van der Waals surface area (Å²) < 4.78 is 0. The van der Waals surface area contributed by atoms with Crippen molar-refractivity contribution in [1.82, 2.24) is 5.32 Å². The summed E-state index contributed by atoms with van der Waals surface area (Å²) >= 11 is 1.49. The number of carbonyl (C=O) groups excluding carboxylic acids is 1. The third-order valence-corrected chi connectivity index (χ3v) is 3.65. The van der Waals surface area contributed by atoms with Crippen LogP contribution in [-0.4, -0.2) is 23.0 Å². The van der Waals surface area contributed by atoms with Gasteiger partial charge in [0, 0.05) is 4.88 Å². The van der Waals surface area contributed by atoms with Crippen molar-refractivity contribution in [2.24, 2.45) is 5.92 Å². The van der Waals surface area contributed by atoms with Crippen LogP contribution < -0.4 is 5.32 Å². The van der Waals surface area contributed by atoms with E-state index in [9.17, 15) is 9.59 Å². The van der Waals surface area contributed by atoms with Gasteiger partial charge in [0.25, 0.3) is 0 Å². The quantitative estimate of drug-likeness (QED) is 0.846. The van der Waals surface area contributed by atoms with Crippen LogP contribution in [-0.2, 0) is 9.59 Å². The standard InChI is InChI=1S/C12H17NO3S/c1-7(2)10(12(15)16)13-11(14)8(3)9-5-4-6-17-9/h4-8,10H,1-3H3,(H,13,14)(H,15,16)/t8-,10-/m0/s1. The highest BCUT2D eigenvalue weighted by Crippen LogP contribution is 2.21. The van der Waals surface area contributed by atoms with Gasteiger partial charge < -0.3 is 10.4 Å². The minimum Gasteiger partial charge on any atom is -0.480 e. The van der Waals surface area contributed by atoms with Crippen LogP contribution in [0.5, 0.6) is 0 Å². The number of thiophene rings is 1. The summed E-state index contributed by atoms with van der Waals surface area (Å²) in [5, 5.41) is 13.5. The summed E-state index contributed by atoms with van der Waals surface area (Å²) in [6.45, 7) is 5.32. The fourth-order valence-corrected chi connectivity index (χ4v) is 2.24. The molecular formula is C12H17NO3S. The molecular weight excluding hydrogens is 238 g/mol. The molecule has 4 nitrogen and oxygen atoms in total. The number of carbonyl (C=O) groups is 2. The van der Waals surface area contributed by atoms with Crippen molar-refractivity contribution in [2.75, 3.05) is 0 Å². The molecule has 0 bridgehead atoms. The molecule has 5 heteroatoms. The lowest BCUT2D eigenvalue weighted by Crippen LogP contribution is -2.45. The Labute approximate surface area is 105 Å². The number of hydrogen-bond donors (Lipinski definition) is 2. The predicted octanol–water partition coefficient (Wildman–Crippen LogP) is 2.08. The largest absolute Gasteiger partial charge is 0.480 e. The van der Waals surface area contributed by atoms with Crippen LogP contribution >= 0.6 is 11.3 Å². The monoisotopic (exact) mass is 255 g/mol. The van der Waals surface area contributed by atoms with Crippen molar-refractivity contribution in [3.05, 3.63) is 22.4 Å². The molecule has 0 aliphatic heterocycles. The Kier molecular flexibility index (Phi) is 4.69. The third-order valence-electron chi connectivity index (χ3n) is 2.59. The van der Waals surface area contributed by atoms with E-state index in [0.717, 1.165) is 4.88 Å². The zero-order valence-corrected chi connectivity index (χ0v) is 11.0. The first-order chi connectivity index (χ1) is 7.93. The topological polar surface area (TPSA) is 66.4 Å². The smallest absolute Gasteiger partial charge is 0.326 e. The van der Waals surface area contributed by atoms with Crippen LogP contribution in [0.15, 0.2) is 17.5 Å². The van der Waals surface area contributed by atoms with Gasteiger partial charge in [-0.1, -0.05) is 19.9 Å². The second-order valence-electron chi connectivity index (χ2n) is 4.31. The van der Waals surface area contributed by atoms with Crippen molar-refractivity contribution in [3.63, 3.8) is 0 Å². The number of rotatable bonds is 5. The van der Waals surface area contributed by atoms with E-state index in [0.29, 0.717) is 0 Å². The van der Waals surface area contributed by atoms with Crippen LogP contribution in [0.4, 0.5) is 0 Å². The Balaban J connectivity index is 2.68. The molecule has 0 aliphatic rings. The second-order valence-corrected chi connectivity index (χ2v) is 5.28. The maximum atomic E-state index is 11.9. The summed E-state index contributed by atoms with van der Waals surface area (Å²) in [6, 6.07) is 2.92. The molecule has 0 spiro atoms. The Morgan fingerprint density at radius 1 is 1.35 bits per heavy atom. The Bertz CT molecular complexity index is 386. The first-order valence-electron chi connectivity index (χ1n) is 5.50. The summed E-state index contributed by atoms with van der Waals surface area (Å²) in [5.41, 5.74) is 0. The normalized spacial score (nSPS) is 14.4. The molecule has 2 N–H and O–H groups in total. The van der Waals surface area contributed by atoms with Crippen molar-refractivity contribution in [1.29, 1.82) is 0 Å². The van der Waals surface area contributed by atoms with Gasteiger partial charge in [-0.15, -0.1) is 11.3 Å². The lowest BCUT2D eigenvalue weighted by atomic mass is 10.0. The van der Waals surface area contributed by atoms with Crippen LogP contribution in [0.25, 0.3) is 0 Å². The third kappa shape index (κ3) is 3.56. The van der Waals surface area contributed by atoms with Crippen LogP contribution in [0, 0.1) is 5.92 Å². The number of aliphatic carboxylic acids is 1. The predicted molar refractivity (Wildman–Crippen MR) is 67.1 cm³/mol. The van der Waals surface area contributed by atoms with Gasteiger partial charge in [0.2, 0.25) is 5.91 Å². The zero-order valence-electron chi connectivity index (χ0n) is 10.1. The Morgan fingerprint density at radius 2 is 2.00 bits per heavy atom. The first kappa shape index (κ1) is 13.7. The highest BCUT2D eigenvalue weighted by Gasteiger charge is 2.26. The molecule has 0 aliphatic carbocycles. The van der Waals surface area contributed by atoms with E-state index in [2.05, 4.69) is 5.32 Å². The van der Waals surface area contributed by atoms with Gasteiger partial charge in [-0.05, 0) is 24.3 Å². The fourth-order valence-electron chi connectivity index (χ4n) is 1.46. The van der Waals surface area contributed by atoms with E-state index >= 15 is 0 Å². The van der Waals surface area contributed by atoms with Crippen molar-refractivity contribution in [2.45, 2.75) is 32.7 Å². The number of amides is 1. The molecule has 1 heterocycles.